The van der Waals surface area contributed by atoms with Crippen LogP contribution < -0.4 is 4.72 Å². The van der Waals surface area contributed by atoms with E-state index in [2.05, 4.69) is 25.5 Å². The normalized spacial score (nSPS) is 37.6. The van der Waals surface area contributed by atoms with E-state index in [0.717, 1.165) is 6.42 Å². The lowest BCUT2D eigenvalue weighted by Crippen LogP contribution is -2.47. The third-order valence-corrected chi connectivity index (χ3v) is 5.67. The zero-order valence-corrected chi connectivity index (χ0v) is 12.4. The summed E-state index contributed by atoms with van der Waals surface area (Å²) in [5, 5.41) is 0. The Labute approximate surface area is 103 Å². The third kappa shape index (κ3) is 2.86. The molecule has 0 amide bonds. The summed E-state index contributed by atoms with van der Waals surface area (Å²) >= 11 is 0. The van der Waals surface area contributed by atoms with Gasteiger partial charge in [-0.1, -0.05) is 20.8 Å². The third-order valence-electron chi connectivity index (χ3n) is 4.09. The van der Waals surface area contributed by atoms with Crippen molar-refractivity contribution in [1.82, 2.24) is 4.72 Å². The molecule has 16 heavy (non-hydrogen) atoms. The van der Waals surface area contributed by atoms with Crippen LogP contribution in [-0.4, -0.2) is 15.0 Å². The van der Waals surface area contributed by atoms with Gasteiger partial charge in [0.1, 0.15) is 0 Å². The highest BCUT2D eigenvalue weighted by Crippen LogP contribution is 2.44. The Bertz CT molecular complexity index is 272. The number of nitrogens with one attached hydrogen (secondary N) is 1. The second-order valence-corrected chi connectivity index (χ2v) is 8.50. The van der Waals surface area contributed by atoms with Gasteiger partial charge in [-0.05, 0) is 51.4 Å². The van der Waals surface area contributed by atoms with Crippen molar-refractivity contribution in [2.24, 2.45) is 11.3 Å². The van der Waals surface area contributed by atoms with Crippen molar-refractivity contribution >= 4 is 11.0 Å². The van der Waals surface area contributed by atoms with Gasteiger partial charge in [-0.2, -0.15) is 0 Å². The predicted molar refractivity (Wildman–Crippen MR) is 71.6 cm³/mol. The summed E-state index contributed by atoms with van der Waals surface area (Å²) in [5.41, 5.74) is 0.320. The van der Waals surface area contributed by atoms with Crippen LogP contribution in [0.5, 0.6) is 0 Å². The van der Waals surface area contributed by atoms with E-state index in [0.29, 0.717) is 17.4 Å². The summed E-state index contributed by atoms with van der Waals surface area (Å²) in [5.74, 6) is 0.635. The van der Waals surface area contributed by atoms with Crippen molar-refractivity contribution in [2.75, 3.05) is 0 Å². The van der Waals surface area contributed by atoms with Gasteiger partial charge in [-0.3, -0.25) is 0 Å². The molecule has 0 heterocycles. The van der Waals surface area contributed by atoms with Crippen LogP contribution >= 0.6 is 0 Å². The molecule has 1 saturated carbocycles. The average molecular weight is 245 g/mol. The largest absolute Gasteiger partial charge is 0.242 e. The van der Waals surface area contributed by atoms with E-state index >= 15 is 0 Å². The molecule has 0 saturated heterocycles. The topological polar surface area (TPSA) is 29.1 Å². The lowest BCUT2D eigenvalue weighted by Gasteiger charge is -2.34. The van der Waals surface area contributed by atoms with E-state index in [4.69, 9.17) is 0 Å². The lowest BCUT2D eigenvalue weighted by molar-refractivity contribution is 0.248. The van der Waals surface area contributed by atoms with E-state index < -0.39 is 11.0 Å². The van der Waals surface area contributed by atoms with Crippen molar-refractivity contribution in [3.63, 3.8) is 0 Å². The van der Waals surface area contributed by atoms with Crippen LogP contribution in [0.4, 0.5) is 0 Å². The Morgan fingerprint density at radius 1 is 1.44 bits per heavy atom. The number of rotatable bonds is 3. The Kier molecular flexibility index (Phi) is 4.23. The fraction of sp³-hybridized carbons (Fsp3) is 1.00. The van der Waals surface area contributed by atoms with Crippen LogP contribution in [0.25, 0.3) is 0 Å². The van der Waals surface area contributed by atoms with Gasteiger partial charge in [0.15, 0.2) is 0 Å². The Morgan fingerprint density at radius 2 is 2.00 bits per heavy atom. The molecule has 0 aromatic rings. The van der Waals surface area contributed by atoms with Gasteiger partial charge < -0.3 is 0 Å². The first-order valence-corrected chi connectivity index (χ1v) is 7.54. The second kappa shape index (κ2) is 4.77. The molecule has 0 radical (unpaired) electrons. The van der Waals surface area contributed by atoms with E-state index in [1.54, 1.807) is 0 Å². The van der Waals surface area contributed by atoms with Crippen LogP contribution in [-0.2, 0) is 11.0 Å². The van der Waals surface area contributed by atoms with Crippen LogP contribution in [0, 0.1) is 11.3 Å². The van der Waals surface area contributed by atoms with Gasteiger partial charge in [-0.25, -0.2) is 8.93 Å². The summed E-state index contributed by atoms with van der Waals surface area (Å²) in [6.45, 7) is 12.9. The molecule has 2 nitrogen and oxygen atoms in total. The van der Waals surface area contributed by atoms with E-state index in [9.17, 15) is 4.21 Å². The Morgan fingerprint density at radius 3 is 2.44 bits per heavy atom. The fourth-order valence-electron chi connectivity index (χ4n) is 2.51. The molecule has 1 fully saturated rings. The summed E-state index contributed by atoms with van der Waals surface area (Å²) in [6.07, 6.45) is 3.67. The lowest BCUT2D eigenvalue weighted by atomic mass is 9.81. The minimum absolute atomic E-state index is 0.170. The van der Waals surface area contributed by atoms with Crippen molar-refractivity contribution in [3.8, 4) is 0 Å². The van der Waals surface area contributed by atoms with Gasteiger partial charge in [0.2, 0.25) is 0 Å². The number of hydrogen-bond donors (Lipinski definition) is 1. The first-order valence-electron chi connectivity index (χ1n) is 6.39. The minimum atomic E-state index is -0.946. The van der Waals surface area contributed by atoms with Crippen LogP contribution in [0.2, 0.25) is 0 Å². The molecule has 0 aromatic carbocycles. The first-order chi connectivity index (χ1) is 7.20. The van der Waals surface area contributed by atoms with Crippen molar-refractivity contribution in [3.05, 3.63) is 0 Å². The highest BCUT2D eigenvalue weighted by atomic mass is 32.2. The first kappa shape index (κ1) is 14.2. The van der Waals surface area contributed by atoms with Gasteiger partial charge in [0, 0.05) is 6.04 Å². The quantitative estimate of drug-likeness (QED) is 0.812. The molecule has 1 aliphatic rings. The molecule has 0 aliphatic heterocycles. The Balaban J connectivity index is 2.75. The van der Waals surface area contributed by atoms with Gasteiger partial charge in [0.05, 0.1) is 15.7 Å². The van der Waals surface area contributed by atoms with E-state index in [1.807, 2.05) is 20.8 Å². The summed E-state index contributed by atoms with van der Waals surface area (Å²) < 4.78 is 15.4. The number of hydrogen-bond acceptors (Lipinski definition) is 1. The molecule has 4 unspecified atom stereocenters. The molecule has 0 bridgehead atoms. The SMILES string of the molecule is CCC1(C)CCC(C)C1NS(=O)C(C)(C)C. The van der Waals surface area contributed by atoms with Crippen molar-refractivity contribution in [1.29, 1.82) is 0 Å². The summed E-state index contributed by atoms with van der Waals surface area (Å²) in [7, 11) is -0.946. The summed E-state index contributed by atoms with van der Waals surface area (Å²) in [6, 6.07) is 0.401. The smallest absolute Gasteiger partial charge is 0.0973 e. The molecule has 3 heteroatoms. The zero-order chi connectivity index (χ0) is 12.6. The van der Waals surface area contributed by atoms with Gasteiger partial charge in [-0.15, -0.1) is 0 Å². The maximum atomic E-state index is 12.2. The fourth-order valence-corrected chi connectivity index (χ4v) is 3.61. The highest BCUT2D eigenvalue weighted by Gasteiger charge is 2.43. The predicted octanol–water partition coefficient (Wildman–Crippen LogP) is 3.25. The van der Waals surface area contributed by atoms with E-state index in [1.165, 1.54) is 12.8 Å². The molecule has 4 atom stereocenters. The molecule has 96 valence electrons. The molecule has 1 aliphatic carbocycles. The van der Waals surface area contributed by atoms with Gasteiger partial charge >= 0.3 is 0 Å². The summed E-state index contributed by atoms with van der Waals surface area (Å²) in [4.78, 5) is 0. The average Bonchev–Trinajstić information content (AvgIpc) is 2.45. The molecular formula is C13H27NOS. The maximum Gasteiger partial charge on any atom is 0.0973 e. The van der Waals surface area contributed by atoms with Gasteiger partial charge in [0.25, 0.3) is 0 Å². The molecular weight excluding hydrogens is 218 g/mol. The standard InChI is InChI=1S/C13H27NOS/c1-7-13(6)9-8-10(2)11(13)14-16(15)12(3,4)5/h10-11,14H,7-9H2,1-6H3. The minimum Gasteiger partial charge on any atom is -0.242 e. The molecule has 0 spiro atoms. The van der Waals surface area contributed by atoms with E-state index in [-0.39, 0.29) is 4.75 Å². The van der Waals surface area contributed by atoms with Crippen molar-refractivity contribution < 1.29 is 4.21 Å². The van der Waals surface area contributed by atoms with Crippen LogP contribution in [0.3, 0.4) is 0 Å². The monoisotopic (exact) mass is 245 g/mol. The van der Waals surface area contributed by atoms with Crippen LogP contribution in [0.1, 0.15) is 60.8 Å². The Hall–Kier alpha value is 0.110. The molecule has 1 N–H and O–H groups in total. The van der Waals surface area contributed by atoms with Crippen molar-refractivity contribution in [2.45, 2.75) is 71.6 Å². The zero-order valence-electron chi connectivity index (χ0n) is 11.6. The van der Waals surface area contributed by atoms with Crippen LogP contribution in [0.15, 0.2) is 0 Å². The molecule has 0 aromatic heterocycles. The molecule has 1 rings (SSSR count). The second-order valence-electron chi connectivity index (χ2n) is 6.50. The highest BCUT2D eigenvalue weighted by molar-refractivity contribution is 7.84. The maximum absolute atomic E-state index is 12.2.